The van der Waals surface area contributed by atoms with Crippen LogP contribution < -0.4 is 0 Å². The summed E-state index contributed by atoms with van der Waals surface area (Å²) in [7, 11) is 1.49. The molecule has 1 N–H and O–H groups in total. The molecule has 0 radical (unpaired) electrons. The van der Waals surface area contributed by atoms with Crippen molar-refractivity contribution in [2.45, 2.75) is 107 Å². The van der Waals surface area contributed by atoms with Crippen molar-refractivity contribution in [2.24, 2.45) is 11.8 Å². The van der Waals surface area contributed by atoms with E-state index < -0.39 is 76.7 Å². The van der Waals surface area contributed by atoms with Crippen molar-refractivity contribution in [1.82, 2.24) is 0 Å². The molecule has 10 nitrogen and oxygen atoms in total. The van der Waals surface area contributed by atoms with Crippen LogP contribution in [0.15, 0.2) is 30.3 Å². The number of alkyl halides is 3. The molecule has 2 aliphatic rings. The molecule has 10 atom stereocenters. The Morgan fingerprint density at radius 2 is 1.60 bits per heavy atom. The fourth-order valence-corrected chi connectivity index (χ4v) is 5.59. The average molecular weight is 667 g/mol. The highest BCUT2D eigenvalue weighted by molar-refractivity contribution is 6.76. The number of esters is 1. The highest BCUT2D eigenvalue weighted by Crippen LogP contribution is 2.39. The highest BCUT2D eigenvalue weighted by Gasteiger charge is 2.53. The average Bonchev–Trinajstić information content (AvgIpc) is 2.96. The second-order valence-corrected chi connectivity index (χ2v) is 13.2. The zero-order valence-corrected chi connectivity index (χ0v) is 27.6. The maximum atomic E-state index is 13.2. The standard InChI is InChI=1S/C30H42Cl3NO9/c1-7-9-15-38-24-17(4)22(20(8-2)39-27(24)43-29(34)30(31,32)33)42-28-25(40-26(36)19-13-11-10-12-14-19)23(37-6)16(3)21(41-28)18(5)35/h10-14,16-17,20-25,27-28,34H,7-9,15H2,1-6H3/t16-,17-,20?,21?,22-,23+,24?,25?,27?,28-/m0/s1. The molecule has 0 bridgehead atoms. The van der Waals surface area contributed by atoms with E-state index in [4.69, 9.17) is 73.4 Å². The van der Waals surface area contributed by atoms with Gasteiger partial charge in [0.1, 0.15) is 18.3 Å². The molecule has 0 aromatic heterocycles. The van der Waals surface area contributed by atoms with E-state index in [9.17, 15) is 9.59 Å². The lowest BCUT2D eigenvalue weighted by Crippen LogP contribution is -2.62. The van der Waals surface area contributed by atoms with Gasteiger partial charge in [0.05, 0.1) is 17.8 Å². The molecule has 1 aromatic rings. The second-order valence-electron chi connectivity index (χ2n) is 10.9. The third kappa shape index (κ3) is 9.04. The molecule has 0 spiro atoms. The number of benzene rings is 1. The van der Waals surface area contributed by atoms with Gasteiger partial charge in [0, 0.05) is 25.6 Å². The molecule has 2 aliphatic heterocycles. The summed E-state index contributed by atoms with van der Waals surface area (Å²) < 4.78 is 40.6. The first-order chi connectivity index (χ1) is 20.3. The number of Topliss-reactive ketones (excluding diaryl/α,β-unsaturated/α-hetero) is 1. The first-order valence-corrected chi connectivity index (χ1v) is 15.7. The maximum Gasteiger partial charge on any atom is 0.338 e. The third-order valence-corrected chi connectivity index (χ3v) is 8.28. The smallest absolute Gasteiger partial charge is 0.338 e. The molecule has 242 valence electrons. The first kappa shape index (κ1) is 36.0. The van der Waals surface area contributed by atoms with E-state index in [0.29, 0.717) is 18.6 Å². The number of ether oxygens (including phenoxy) is 7. The van der Waals surface area contributed by atoms with Crippen LogP contribution in [0, 0.1) is 17.2 Å². The van der Waals surface area contributed by atoms with Crippen LogP contribution in [0.25, 0.3) is 0 Å². The summed E-state index contributed by atoms with van der Waals surface area (Å²) in [6.45, 7) is 9.46. The minimum atomic E-state index is -2.09. The molecule has 5 unspecified atom stereocenters. The van der Waals surface area contributed by atoms with Gasteiger partial charge in [0.2, 0.25) is 12.2 Å². The monoisotopic (exact) mass is 665 g/mol. The molecular weight excluding hydrogens is 625 g/mol. The van der Waals surface area contributed by atoms with Gasteiger partial charge in [0.15, 0.2) is 18.2 Å². The summed E-state index contributed by atoms with van der Waals surface area (Å²) >= 11 is 17.7. The van der Waals surface area contributed by atoms with Gasteiger partial charge in [-0.15, -0.1) is 0 Å². The maximum absolute atomic E-state index is 13.2. The van der Waals surface area contributed by atoms with Crippen LogP contribution in [0.5, 0.6) is 0 Å². The predicted octanol–water partition coefficient (Wildman–Crippen LogP) is 5.88. The molecule has 3 rings (SSSR count). The van der Waals surface area contributed by atoms with Crippen molar-refractivity contribution < 1.29 is 42.7 Å². The minimum Gasteiger partial charge on any atom is -0.451 e. The minimum absolute atomic E-state index is 0.213. The van der Waals surface area contributed by atoms with E-state index >= 15 is 0 Å². The third-order valence-electron chi connectivity index (χ3n) is 7.77. The fourth-order valence-electron chi connectivity index (χ4n) is 5.45. The Bertz CT molecular complexity index is 1070. The van der Waals surface area contributed by atoms with Crippen molar-refractivity contribution in [1.29, 1.82) is 5.41 Å². The SMILES string of the molecule is CCCCOC1C(OC(=N)C(Cl)(Cl)Cl)OC(CC)[C@@H](O[C@@H]2OC(C(C)=O)[C@H](C)[C@@H](OC)C2OC(=O)c2ccccc2)[C@@H]1C. The summed E-state index contributed by atoms with van der Waals surface area (Å²) in [6.07, 6.45) is -4.66. The Kier molecular flexibility index (Phi) is 13.5. The Morgan fingerprint density at radius 3 is 2.16 bits per heavy atom. The van der Waals surface area contributed by atoms with Crippen LogP contribution in [-0.2, 0) is 38.0 Å². The number of ketones is 1. The van der Waals surface area contributed by atoms with Gasteiger partial charge in [-0.1, -0.05) is 87.1 Å². The van der Waals surface area contributed by atoms with Gasteiger partial charge in [0.25, 0.3) is 3.79 Å². The summed E-state index contributed by atoms with van der Waals surface area (Å²) in [5.74, 6) is -2.23. The van der Waals surface area contributed by atoms with E-state index in [0.717, 1.165) is 12.8 Å². The molecule has 0 saturated carbocycles. The summed E-state index contributed by atoms with van der Waals surface area (Å²) in [4.78, 5) is 25.8. The number of hydrogen-bond acceptors (Lipinski definition) is 10. The Labute approximate surface area is 268 Å². The van der Waals surface area contributed by atoms with Gasteiger partial charge in [-0.05, 0) is 31.9 Å². The van der Waals surface area contributed by atoms with Crippen LogP contribution in [0.1, 0.15) is 64.2 Å². The zero-order chi connectivity index (χ0) is 31.9. The van der Waals surface area contributed by atoms with Crippen molar-refractivity contribution in [3.63, 3.8) is 0 Å². The Morgan fingerprint density at radius 1 is 0.930 bits per heavy atom. The highest BCUT2D eigenvalue weighted by atomic mass is 35.6. The quantitative estimate of drug-likeness (QED) is 0.0958. The lowest BCUT2D eigenvalue weighted by Gasteiger charge is -2.49. The molecular formula is C30H42Cl3NO9. The van der Waals surface area contributed by atoms with Crippen LogP contribution >= 0.6 is 34.8 Å². The van der Waals surface area contributed by atoms with Crippen LogP contribution in [0.2, 0.25) is 0 Å². The largest absolute Gasteiger partial charge is 0.451 e. The van der Waals surface area contributed by atoms with E-state index in [-0.39, 0.29) is 5.78 Å². The van der Waals surface area contributed by atoms with E-state index in [1.807, 2.05) is 20.8 Å². The number of hydrogen-bond donors (Lipinski definition) is 1. The van der Waals surface area contributed by atoms with Gasteiger partial charge >= 0.3 is 5.97 Å². The number of carbonyl (C=O) groups is 2. The van der Waals surface area contributed by atoms with Gasteiger partial charge in [-0.3, -0.25) is 10.2 Å². The van der Waals surface area contributed by atoms with Crippen LogP contribution in [0.3, 0.4) is 0 Å². The number of unbranched alkanes of at least 4 members (excludes halogenated alkanes) is 1. The molecule has 2 saturated heterocycles. The van der Waals surface area contributed by atoms with Crippen molar-refractivity contribution in [2.75, 3.05) is 13.7 Å². The lowest BCUT2D eigenvalue weighted by molar-refractivity contribution is -0.337. The molecule has 2 heterocycles. The molecule has 0 amide bonds. The van der Waals surface area contributed by atoms with Crippen molar-refractivity contribution in [3.8, 4) is 0 Å². The van der Waals surface area contributed by atoms with E-state index in [2.05, 4.69) is 0 Å². The lowest BCUT2D eigenvalue weighted by atomic mass is 9.87. The van der Waals surface area contributed by atoms with Crippen LogP contribution in [-0.4, -0.2) is 84.4 Å². The number of carbonyl (C=O) groups excluding carboxylic acids is 2. The predicted molar refractivity (Wildman–Crippen MR) is 162 cm³/mol. The number of nitrogens with one attached hydrogen (secondary N) is 1. The first-order valence-electron chi connectivity index (χ1n) is 14.5. The van der Waals surface area contributed by atoms with Crippen LogP contribution in [0.4, 0.5) is 0 Å². The summed E-state index contributed by atoms with van der Waals surface area (Å²) in [6, 6.07) is 8.54. The van der Waals surface area contributed by atoms with Crippen molar-refractivity contribution >= 4 is 52.5 Å². The zero-order valence-electron chi connectivity index (χ0n) is 25.3. The van der Waals surface area contributed by atoms with E-state index in [1.165, 1.54) is 14.0 Å². The van der Waals surface area contributed by atoms with Crippen molar-refractivity contribution in [3.05, 3.63) is 35.9 Å². The molecule has 43 heavy (non-hydrogen) atoms. The second kappa shape index (κ2) is 16.2. The number of halogens is 3. The topological polar surface area (TPSA) is 123 Å². The summed E-state index contributed by atoms with van der Waals surface area (Å²) in [5.41, 5.74) is 0.346. The molecule has 2 fully saturated rings. The molecule has 1 aromatic carbocycles. The van der Waals surface area contributed by atoms with E-state index in [1.54, 1.807) is 37.3 Å². The Balaban J connectivity index is 1.94. The van der Waals surface area contributed by atoms with Gasteiger partial charge in [-0.25, -0.2) is 4.79 Å². The number of methoxy groups -OCH3 is 1. The normalized spacial score (nSPS) is 33.0. The van der Waals surface area contributed by atoms with Gasteiger partial charge < -0.3 is 33.2 Å². The summed E-state index contributed by atoms with van der Waals surface area (Å²) in [5, 5.41) is 8.11. The van der Waals surface area contributed by atoms with Gasteiger partial charge in [-0.2, -0.15) is 0 Å². The number of rotatable bonds is 12. The molecule has 0 aliphatic carbocycles. The fraction of sp³-hybridized carbons (Fsp3) is 0.700. The Hall–Kier alpha value is -1.50. The molecule has 13 heteroatoms.